The molecule has 0 saturated carbocycles. The van der Waals surface area contributed by atoms with Gasteiger partial charge in [-0.3, -0.25) is 4.79 Å². The Hall–Kier alpha value is -0.990. The Morgan fingerprint density at radius 2 is 1.88 bits per heavy atom. The molecular weight excluding hydrogens is 204 g/mol. The van der Waals surface area contributed by atoms with E-state index in [0.29, 0.717) is 17.9 Å². The summed E-state index contributed by atoms with van der Waals surface area (Å²) in [6.45, 7) is 11.6. The zero-order valence-corrected chi connectivity index (χ0v) is 11.1. The first kappa shape index (κ1) is 13.1. The number of hydrogen-bond donors (Lipinski definition) is 0. The van der Waals surface area contributed by atoms with E-state index >= 15 is 0 Å². The quantitative estimate of drug-likeness (QED) is 0.739. The fraction of sp³-hybridized carbons (Fsp3) is 0.769. The number of ether oxygens (including phenoxy) is 2. The highest BCUT2D eigenvalue weighted by atomic mass is 16.6. The smallest absolute Gasteiger partial charge is 0.244 e. The fourth-order valence-corrected chi connectivity index (χ4v) is 2.11. The highest BCUT2D eigenvalue weighted by Crippen LogP contribution is 2.39. The summed E-state index contributed by atoms with van der Waals surface area (Å²) in [5, 5.41) is 0. The van der Waals surface area contributed by atoms with Crippen LogP contribution < -0.4 is 0 Å². The van der Waals surface area contributed by atoms with Crippen LogP contribution in [-0.4, -0.2) is 17.5 Å². The minimum atomic E-state index is -0.714. The maximum absolute atomic E-state index is 12.3. The molecule has 3 nitrogen and oxygen atoms in total. The van der Waals surface area contributed by atoms with Crippen LogP contribution >= 0.6 is 0 Å². The molecule has 0 aromatic heterocycles. The molecule has 0 aliphatic carbocycles. The zero-order chi connectivity index (χ0) is 12.5. The first-order chi connectivity index (χ1) is 7.35. The van der Waals surface area contributed by atoms with Gasteiger partial charge in [0.25, 0.3) is 0 Å². The molecule has 0 amide bonds. The van der Waals surface area contributed by atoms with Gasteiger partial charge >= 0.3 is 0 Å². The number of rotatable bonds is 4. The van der Waals surface area contributed by atoms with E-state index in [4.69, 9.17) is 9.47 Å². The third-order valence-corrected chi connectivity index (χ3v) is 3.06. The van der Waals surface area contributed by atoms with Gasteiger partial charge in [0.1, 0.15) is 5.76 Å². The average Bonchev–Trinajstić information content (AvgIpc) is 2.42. The third kappa shape index (κ3) is 1.95. The summed E-state index contributed by atoms with van der Waals surface area (Å²) in [5.74, 6) is 1.17. The van der Waals surface area contributed by atoms with Crippen molar-refractivity contribution < 1.29 is 14.3 Å². The van der Waals surface area contributed by atoms with Gasteiger partial charge in [-0.2, -0.15) is 0 Å². The Bertz CT molecular complexity index is 315. The molecule has 0 aromatic rings. The summed E-state index contributed by atoms with van der Waals surface area (Å²) >= 11 is 0. The summed E-state index contributed by atoms with van der Waals surface area (Å²) in [5.41, 5.74) is -0.714. The van der Waals surface area contributed by atoms with Gasteiger partial charge in [-0.1, -0.05) is 20.8 Å². The predicted octanol–water partition coefficient (Wildman–Crippen LogP) is 3.05. The molecule has 0 fully saturated rings. The SMILES string of the molecule is CCC1(C(C)C)OC(C)=C(OC(C)C)C1=O. The molecule has 1 rings (SSSR count). The highest BCUT2D eigenvalue weighted by Gasteiger charge is 2.50. The van der Waals surface area contributed by atoms with Crippen molar-refractivity contribution in [2.75, 3.05) is 0 Å². The van der Waals surface area contributed by atoms with E-state index < -0.39 is 5.60 Å². The van der Waals surface area contributed by atoms with E-state index in [1.54, 1.807) is 6.92 Å². The van der Waals surface area contributed by atoms with Crippen molar-refractivity contribution in [3.8, 4) is 0 Å². The number of ketones is 1. The lowest BCUT2D eigenvalue weighted by Crippen LogP contribution is -2.42. The summed E-state index contributed by atoms with van der Waals surface area (Å²) in [6, 6.07) is 0. The van der Waals surface area contributed by atoms with Crippen LogP contribution in [0.4, 0.5) is 0 Å². The molecule has 0 bridgehead atoms. The second-order valence-electron chi connectivity index (χ2n) is 4.88. The second kappa shape index (κ2) is 4.48. The van der Waals surface area contributed by atoms with Crippen LogP contribution in [0.15, 0.2) is 11.5 Å². The Morgan fingerprint density at radius 3 is 2.19 bits per heavy atom. The summed E-state index contributed by atoms with van der Waals surface area (Å²) in [7, 11) is 0. The van der Waals surface area contributed by atoms with Crippen molar-refractivity contribution >= 4 is 5.78 Å². The fourth-order valence-electron chi connectivity index (χ4n) is 2.11. The van der Waals surface area contributed by atoms with Gasteiger partial charge in [0.05, 0.1) is 6.10 Å². The van der Waals surface area contributed by atoms with Gasteiger partial charge in [0.15, 0.2) is 5.60 Å². The minimum absolute atomic E-state index is 0.00248. The molecule has 1 atom stereocenters. The normalized spacial score (nSPS) is 25.6. The van der Waals surface area contributed by atoms with Crippen molar-refractivity contribution in [3.05, 3.63) is 11.5 Å². The van der Waals surface area contributed by atoms with E-state index in [9.17, 15) is 4.79 Å². The molecule has 16 heavy (non-hydrogen) atoms. The van der Waals surface area contributed by atoms with Crippen LogP contribution in [0.1, 0.15) is 48.0 Å². The van der Waals surface area contributed by atoms with Crippen molar-refractivity contribution in [3.63, 3.8) is 0 Å². The highest BCUT2D eigenvalue weighted by molar-refractivity contribution is 6.02. The van der Waals surface area contributed by atoms with Crippen LogP contribution in [0.2, 0.25) is 0 Å². The molecule has 1 unspecified atom stereocenters. The molecule has 1 aliphatic heterocycles. The Balaban J connectivity index is 3.00. The summed E-state index contributed by atoms with van der Waals surface area (Å²) in [6.07, 6.45) is 0.670. The van der Waals surface area contributed by atoms with E-state index in [1.807, 2.05) is 34.6 Å². The standard InChI is InChI=1S/C13H22O3/c1-7-13(8(2)3)12(14)11(10(6)16-13)15-9(4)5/h8-9H,7H2,1-6H3. The molecule has 0 radical (unpaired) electrons. The van der Waals surface area contributed by atoms with Gasteiger partial charge in [-0.15, -0.1) is 0 Å². The lowest BCUT2D eigenvalue weighted by Gasteiger charge is -2.30. The Kier molecular flexibility index (Phi) is 3.66. The largest absolute Gasteiger partial charge is 0.484 e. The van der Waals surface area contributed by atoms with E-state index in [2.05, 4.69) is 0 Å². The average molecular weight is 226 g/mol. The van der Waals surface area contributed by atoms with Gasteiger partial charge in [-0.25, -0.2) is 0 Å². The first-order valence-electron chi connectivity index (χ1n) is 5.96. The first-order valence-corrected chi connectivity index (χ1v) is 5.96. The molecule has 0 aromatic carbocycles. The van der Waals surface area contributed by atoms with Crippen LogP contribution in [0.3, 0.4) is 0 Å². The summed E-state index contributed by atoms with van der Waals surface area (Å²) < 4.78 is 11.3. The maximum atomic E-state index is 12.3. The number of hydrogen-bond acceptors (Lipinski definition) is 3. The minimum Gasteiger partial charge on any atom is -0.484 e. The van der Waals surface area contributed by atoms with Crippen LogP contribution in [0, 0.1) is 5.92 Å². The monoisotopic (exact) mass is 226 g/mol. The van der Waals surface area contributed by atoms with Crippen molar-refractivity contribution in [2.24, 2.45) is 5.92 Å². The number of Topliss-reactive ketones (excluding diaryl/α,β-unsaturated/α-hetero) is 1. The second-order valence-corrected chi connectivity index (χ2v) is 4.88. The topological polar surface area (TPSA) is 35.5 Å². The van der Waals surface area contributed by atoms with Crippen LogP contribution in [-0.2, 0) is 14.3 Å². The molecule has 0 N–H and O–H groups in total. The van der Waals surface area contributed by atoms with Gasteiger partial charge in [0.2, 0.25) is 11.5 Å². The number of carbonyl (C=O) groups excluding carboxylic acids is 1. The van der Waals surface area contributed by atoms with Crippen molar-refractivity contribution in [1.29, 1.82) is 0 Å². The van der Waals surface area contributed by atoms with Crippen LogP contribution in [0.25, 0.3) is 0 Å². The zero-order valence-electron chi connectivity index (χ0n) is 11.1. The molecule has 1 aliphatic rings. The van der Waals surface area contributed by atoms with E-state index in [1.165, 1.54) is 0 Å². The van der Waals surface area contributed by atoms with Crippen molar-refractivity contribution in [2.45, 2.75) is 59.7 Å². The van der Waals surface area contributed by atoms with Gasteiger partial charge in [0, 0.05) is 5.92 Å². The van der Waals surface area contributed by atoms with Gasteiger partial charge < -0.3 is 9.47 Å². The van der Waals surface area contributed by atoms with Crippen LogP contribution in [0.5, 0.6) is 0 Å². The molecule has 92 valence electrons. The molecule has 1 heterocycles. The Labute approximate surface area is 97.8 Å². The summed E-state index contributed by atoms with van der Waals surface area (Å²) in [4.78, 5) is 12.3. The van der Waals surface area contributed by atoms with E-state index in [-0.39, 0.29) is 17.8 Å². The lowest BCUT2D eigenvalue weighted by molar-refractivity contribution is -0.138. The molecule has 0 saturated heterocycles. The molecular formula is C13H22O3. The maximum Gasteiger partial charge on any atom is 0.244 e. The third-order valence-electron chi connectivity index (χ3n) is 3.06. The number of allylic oxidation sites excluding steroid dienone is 1. The van der Waals surface area contributed by atoms with E-state index in [0.717, 1.165) is 0 Å². The van der Waals surface area contributed by atoms with Gasteiger partial charge in [-0.05, 0) is 27.2 Å². The molecule has 3 heteroatoms. The number of carbonyl (C=O) groups is 1. The molecule has 0 spiro atoms. The Morgan fingerprint density at radius 1 is 1.31 bits per heavy atom. The lowest BCUT2D eigenvalue weighted by atomic mass is 9.84. The predicted molar refractivity (Wildman–Crippen MR) is 62.9 cm³/mol. The van der Waals surface area contributed by atoms with Crippen molar-refractivity contribution in [1.82, 2.24) is 0 Å².